The van der Waals surface area contributed by atoms with E-state index in [-0.39, 0.29) is 6.54 Å². The van der Waals surface area contributed by atoms with Gasteiger partial charge in [-0.3, -0.25) is 9.69 Å². The molecule has 0 saturated heterocycles. The maximum atomic E-state index is 12.5. The molecule has 0 unspecified atom stereocenters. The molecule has 1 aromatic heterocycles. The highest BCUT2D eigenvalue weighted by atomic mass is 79.9. The number of ether oxygens (including phenoxy) is 2. The lowest BCUT2D eigenvalue weighted by atomic mass is 10.2. The zero-order valence-corrected chi connectivity index (χ0v) is 19.3. The lowest BCUT2D eigenvalue weighted by Crippen LogP contribution is -2.37. The van der Waals surface area contributed by atoms with Crippen LogP contribution in [-0.2, 0) is 17.8 Å². The molecule has 0 bridgehead atoms. The van der Waals surface area contributed by atoms with Gasteiger partial charge in [-0.15, -0.1) is 0 Å². The second kappa shape index (κ2) is 10.8. The molecule has 0 aliphatic rings. The lowest BCUT2D eigenvalue weighted by Gasteiger charge is -2.20. The van der Waals surface area contributed by atoms with Crippen LogP contribution in [0.2, 0.25) is 0 Å². The third-order valence-electron chi connectivity index (χ3n) is 4.51. The first-order valence-corrected chi connectivity index (χ1v) is 10.7. The Kier molecular flexibility index (Phi) is 7.88. The number of carbonyl (C=O) groups is 2. The van der Waals surface area contributed by atoms with Gasteiger partial charge in [0.05, 0.1) is 12.3 Å². The Morgan fingerprint density at radius 2 is 1.72 bits per heavy atom. The largest absolute Gasteiger partial charge is 0.493 e. The zero-order chi connectivity index (χ0) is 23.1. The van der Waals surface area contributed by atoms with E-state index in [0.717, 1.165) is 26.4 Å². The molecule has 0 spiro atoms. The van der Waals surface area contributed by atoms with Crippen molar-refractivity contribution in [2.24, 2.45) is 0 Å². The summed E-state index contributed by atoms with van der Waals surface area (Å²) >= 11 is 3.31. The molecule has 1 heterocycles. The Bertz CT molecular complexity index is 1060. The highest BCUT2D eigenvalue weighted by Gasteiger charge is 2.19. The quantitative estimate of drug-likeness (QED) is 0.449. The molecule has 8 nitrogen and oxygen atoms in total. The number of hydrogen-bond donors (Lipinski definition) is 1. The van der Waals surface area contributed by atoms with E-state index in [1.807, 2.05) is 6.92 Å². The van der Waals surface area contributed by atoms with Crippen LogP contribution in [0.25, 0.3) is 0 Å². The Morgan fingerprint density at radius 1 is 1.06 bits per heavy atom. The average Bonchev–Trinajstić information content (AvgIpc) is 3.07. The molecule has 0 aliphatic carbocycles. The maximum Gasteiger partial charge on any atom is 0.416 e. The van der Waals surface area contributed by atoms with E-state index in [4.69, 9.17) is 13.9 Å². The summed E-state index contributed by atoms with van der Waals surface area (Å²) in [6, 6.07) is 13.8. The fourth-order valence-electron chi connectivity index (χ4n) is 3.00. The molecule has 0 radical (unpaired) electrons. The monoisotopic (exact) mass is 502 g/mol. The number of aryl methyl sites for hydroxylation is 2. The fourth-order valence-corrected chi connectivity index (χ4v) is 3.26. The highest BCUT2D eigenvalue weighted by molar-refractivity contribution is 9.10. The van der Waals surface area contributed by atoms with Crippen molar-refractivity contribution in [3.8, 4) is 11.5 Å². The van der Waals surface area contributed by atoms with Gasteiger partial charge >= 0.3 is 12.1 Å². The van der Waals surface area contributed by atoms with Crippen molar-refractivity contribution in [3.05, 3.63) is 75.9 Å². The van der Waals surface area contributed by atoms with Gasteiger partial charge in [0.15, 0.2) is 5.89 Å². The molecule has 1 N–H and O–H groups in total. The van der Waals surface area contributed by atoms with E-state index in [1.165, 1.54) is 0 Å². The number of carboxylic acid groups (broad SMARTS) is 1. The third kappa shape index (κ3) is 6.84. The number of carbonyl (C=O) groups excluding carboxylic acids is 1. The number of benzene rings is 2. The van der Waals surface area contributed by atoms with Crippen molar-refractivity contribution in [2.75, 3.05) is 13.2 Å². The van der Waals surface area contributed by atoms with Crippen LogP contribution in [0.1, 0.15) is 22.9 Å². The van der Waals surface area contributed by atoms with Crippen molar-refractivity contribution in [1.29, 1.82) is 0 Å². The molecule has 0 aliphatic heterocycles. The van der Waals surface area contributed by atoms with E-state index in [2.05, 4.69) is 20.9 Å². The van der Waals surface area contributed by atoms with Crippen LogP contribution < -0.4 is 9.47 Å². The second-order valence-corrected chi connectivity index (χ2v) is 7.97. The summed E-state index contributed by atoms with van der Waals surface area (Å²) in [6.45, 7) is 3.72. The summed E-state index contributed by atoms with van der Waals surface area (Å²) < 4.78 is 17.3. The molecule has 0 atom stereocenters. The number of aliphatic carboxylic acids is 1. The second-order valence-electron chi connectivity index (χ2n) is 7.05. The Morgan fingerprint density at radius 3 is 2.31 bits per heavy atom. The molecular formula is C23H23BrN2O6. The van der Waals surface area contributed by atoms with Crippen LogP contribution in [0.15, 0.2) is 57.4 Å². The average molecular weight is 503 g/mol. The minimum absolute atomic E-state index is 0.0827. The number of hydrogen-bond acceptors (Lipinski definition) is 6. The molecule has 1 amide bonds. The number of carboxylic acids is 1. The maximum absolute atomic E-state index is 12.5. The lowest BCUT2D eigenvalue weighted by molar-refractivity contribution is -0.138. The summed E-state index contributed by atoms with van der Waals surface area (Å²) in [6.07, 6.45) is -0.118. The number of amides is 1. The van der Waals surface area contributed by atoms with Gasteiger partial charge in [0.1, 0.15) is 23.8 Å². The van der Waals surface area contributed by atoms with Crippen molar-refractivity contribution < 1.29 is 28.6 Å². The normalized spacial score (nSPS) is 10.6. The first kappa shape index (κ1) is 23.3. The molecule has 2 aromatic carbocycles. The first-order chi connectivity index (χ1) is 15.3. The number of rotatable bonds is 9. The van der Waals surface area contributed by atoms with Gasteiger partial charge in [-0.05, 0) is 48.9 Å². The third-order valence-corrected chi connectivity index (χ3v) is 5.04. The number of halogens is 1. The van der Waals surface area contributed by atoms with E-state index < -0.39 is 18.6 Å². The summed E-state index contributed by atoms with van der Waals surface area (Å²) in [7, 11) is 0. The van der Waals surface area contributed by atoms with E-state index in [0.29, 0.717) is 30.4 Å². The number of oxazole rings is 1. The molecule has 0 saturated carbocycles. The first-order valence-electron chi connectivity index (χ1n) is 9.89. The molecule has 3 rings (SSSR count). The molecule has 168 valence electrons. The van der Waals surface area contributed by atoms with E-state index in [9.17, 15) is 14.7 Å². The van der Waals surface area contributed by atoms with Crippen LogP contribution >= 0.6 is 15.9 Å². The Labute approximate surface area is 193 Å². The van der Waals surface area contributed by atoms with Crippen molar-refractivity contribution in [3.63, 3.8) is 0 Å². The van der Waals surface area contributed by atoms with Crippen molar-refractivity contribution in [1.82, 2.24) is 9.88 Å². The minimum Gasteiger partial charge on any atom is -0.493 e. The summed E-state index contributed by atoms with van der Waals surface area (Å²) in [5, 5.41) is 9.18. The Balaban J connectivity index is 1.57. The van der Waals surface area contributed by atoms with Crippen LogP contribution in [0, 0.1) is 13.8 Å². The van der Waals surface area contributed by atoms with Crippen LogP contribution in [-0.4, -0.2) is 40.2 Å². The van der Waals surface area contributed by atoms with Gasteiger partial charge < -0.3 is 19.0 Å². The number of aromatic nitrogens is 1. The highest BCUT2D eigenvalue weighted by Crippen LogP contribution is 2.19. The number of nitrogens with zero attached hydrogens (tertiary/aromatic N) is 2. The van der Waals surface area contributed by atoms with Gasteiger partial charge in [0, 0.05) is 24.4 Å². The SMILES string of the molecule is Cc1nc(CCOc2ccc(CN(CC(=O)O)C(=O)Oc3ccc(Br)cc3)cc2)c(C)o1. The van der Waals surface area contributed by atoms with Crippen LogP contribution in [0.4, 0.5) is 4.79 Å². The van der Waals surface area contributed by atoms with Gasteiger partial charge in [0.25, 0.3) is 0 Å². The summed E-state index contributed by atoms with van der Waals surface area (Å²) in [5.74, 6) is 1.28. The predicted octanol–water partition coefficient (Wildman–Crippen LogP) is 4.76. The summed E-state index contributed by atoms with van der Waals surface area (Å²) in [4.78, 5) is 29.2. The molecule has 3 aromatic rings. The molecule has 9 heteroatoms. The topological polar surface area (TPSA) is 102 Å². The molecule has 0 fully saturated rings. The predicted molar refractivity (Wildman–Crippen MR) is 120 cm³/mol. The fraction of sp³-hybridized carbons (Fsp3) is 0.261. The minimum atomic E-state index is -1.13. The standard InChI is InChI=1S/C23H23BrN2O6/c1-15-21(25-16(2)31-15)11-12-30-19-7-3-17(4-8-19)13-26(14-22(27)28)23(29)32-20-9-5-18(24)6-10-20/h3-10H,11-14H2,1-2H3,(H,27,28). The Hall–Kier alpha value is -3.33. The van der Waals surface area contributed by atoms with Gasteiger partial charge in [-0.25, -0.2) is 9.78 Å². The van der Waals surface area contributed by atoms with Gasteiger partial charge in [-0.1, -0.05) is 28.1 Å². The van der Waals surface area contributed by atoms with Crippen molar-refractivity contribution >= 4 is 28.0 Å². The van der Waals surface area contributed by atoms with E-state index in [1.54, 1.807) is 55.5 Å². The molecule has 32 heavy (non-hydrogen) atoms. The van der Waals surface area contributed by atoms with Gasteiger partial charge in [-0.2, -0.15) is 0 Å². The van der Waals surface area contributed by atoms with Gasteiger partial charge in [0.2, 0.25) is 0 Å². The zero-order valence-electron chi connectivity index (χ0n) is 17.7. The summed E-state index contributed by atoms with van der Waals surface area (Å²) in [5.41, 5.74) is 1.61. The van der Waals surface area contributed by atoms with Crippen LogP contribution in [0.3, 0.4) is 0 Å². The van der Waals surface area contributed by atoms with Crippen LogP contribution in [0.5, 0.6) is 11.5 Å². The molecular weight excluding hydrogens is 480 g/mol. The smallest absolute Gasteiger partial charge is 0.416 e. The van der Waals surface area contributed by atoms with Crippen molar-refractivity contribution in [2.45, 2.75) is 26.8 Å². The van der Waals surface area contributed by atoms with E-state index >= 15 is 0 Å².